The molecule has 4 radical (unpaired) electrons. The molecule has 0 aliphatic carbocycles. The minimum absolute atomic E-state index is 0. The number of aliphatic hydroxyl groups is 3. The summed E-state index contributed by atoms with van der Waals surface area (Å²) in [5.74, 6) is 0.681. The summed E-state index contributed by atoms with van der Waals surface area (Å²) in [5.41, 5.74) is 4.92. The molecule has 0 saturated heterocycles. The molecule has 0 bridgehead atoms. The second-order valence-corrected chi connectivity index (χ2v) is 2.91. The van der Waals surface area contributed by atoms with Gasteiger partial charge in [0.15, 0.2) is 0 Å². The van der Waals surface area contributed by atoms with Crippen molar-refractivity contribution in [2.24, 2.45) is 5.73 Å². The van der Waals surface area contributed by atoms with Gasteiger partial charge < -0.3 is 33.7 Å². The molecule has 0 aliphatic rings. The first-order valence-electron chi connectivity index (χ1n) is 4.59. The van der Waals surface area contributed by atoms with Crippen LogP contribution in [0.3, 0.4) is 0 Å². The van der Waals surface area contributed by atoms with Crippen LogP contribution in [0.1, 0.15) is 0 Å². The third-order valence-electron chi connectivity index (χ3n) is 1.37. The maximum Gasteiger partial charge on any atom is 0.0558 e. The topological polar surface area (TPSA) is 90.0 Å². The summed E-state index contributed by atoms with van der Waals surface area (Å²) in [6.45, 7) is 2.39. The number of nitrogens with zero attached hydrogens (tertiary/aromatic N) is 1. The first-order chi connectivity index (χ1) is 6.76. The molecule has 0 aromatic heterocycles. The number of aliphatic hydroxyl groups excluding tert-OH is 3. The Balaban J connectivity index is -0.000000105. The molecule has 0 heterocycles. The Morgan fingerprint density at radius 1 is 0.938 bits per heavy atom. The van der Waals surface area contributed by atoms with E-state index in [1.165, 1.54) is 0 Å². The van der Waals surface area contributed by atoms with Crippen molar-refractivity contribution in [3.8, 4) is 0 Å². The largest absolute Gasteiger partial charge is 0.791 e. The van der Waals surface area contributed by atoms with Gasteiger partial charge in [-0.2, -0.15) is 5.75 Å². The Morgan fingerprint density at radius 2 is 1.19 bits per heavy atom. The number of hydrogen-bond acceptors (Lipinski definition) is 6. The minimum Gasteiger partial charge on any atom is -0.791 e. The van der Waals surface area contributed by atoms with Gasteiger partial charge in [-0.1, -0.05) is 0 Å². The summed E-state index contributed by atoms with van der Waals surface area (Å²) >= 11 is 4.43. The third kappa shape index (κ3) is 24.3. The number of hydrogen-bond donors (Lipinski definition) is 4. The maximum atomic E-state index is 8.48. The molecular formula is C8H22ClGeN2O3S-. The Bertz CT molecular complexity index is 93.1. The normalized spacial score (nSPS) is 8.62. The summed E-state index contributed by atoms with van der Waals surface area (Å²) in [5, 5.41) is 25.5. The first kappa shape index (κ1) is 25.7. The molecule has 5 N–H and O–H groups in total. The summed E-state index contributed by atoms with van der Waals surface area (Å²) in [4.78, 5) is 1.79. The molecule has 16 heavy (non-hydrogen) atoms. The van der Waals surface area contributed by atoms with Gasteiger partial charge in [0, 0.05) is 37.2 Å². The first-order valence-corrected chi connectivity index (χ1v) is 5.17. The fourth-order valence-corrected chi connectivity index (χ4v) is 0.760. The van der Waals surface area contributed by atoms with Gasteiger partial charge >= 0.3 is 0 Å². The fourth-order valence-electron chi connectivity index (χ4n) is 0.760. The van der Waals surface area contributed by atoms with Gasteiger partial charge in [0.25, 0.3) is 0 Å². The van der Waals surface area contributed by atoms with Gasteiger partial charge in [-0.15, -0.1) is 12.4 Å². The standard InChI is InChI=1S/C6H15NO3.C2H7NS.ClH.Ge/c8-4-1-7(2-5-9)3-6-10;3-1-2-4;;/h8-10H,1-6H2;4H,1-3H2;1H;/p-1. The zero-order chi connectivity index (χ0) is 11.2. The summed E-state index contributed by atoms with van der Waals surface area (Å²) < 4.78 is 0. The van der Waals surface area contributed by atoms with Crippen LogP contribution in [0.5, 0.6) is 0 Å². The van der Waals surface area contributed by atoms with E-state index in [0.717, 1.165) is 0 Å². The van der Waals surface area contributed by atoms with E-state index in [-0.39, 0.29) is 49.8 Å². The second kappa shape index (κ2) is 25.0. The average Bonchev–Trinajstić information content (AvgIpc) is 2.20. The van der Waals surface area contributed by atoms with Crippen LogP contribution in [-0.4, -0.2) is 89.6 Å². The summed E-state index contributed by atoms with van der Waals surface area (Å²) in [6.07, 6.45) is 0. The van der Waals surface area contributed by atoms with Crippen LogP contribution in [0, 0.1) is 0 Å². The molecule has 100 valence electrons. The van der Waals surface area contributed by atoms with E-state index in [9.17, 15) is 0 Å². The summed E-state index contributed by atoms with van der Waals surface area (Å²) in [7, 11) is 0. The quantitative estimate of drug-likeness (QED) is 0.312. The molecule has 0 rings (SSSR count). The SMILES string of the molecule is Cl.NCC[S-].OCCN(CCO)CCO.[Ge]. The van der Waals surface area contributed by atoms with Crippen LogP contribution >= 0.6 is 12.4 Å². The fraction of sp³-hybridized carbons (Fsp3) is 1.00. The Labute approximate surface area is 120 Å². The van der Waals surface area contributed by atoms with E-state index in [2.05, 4.69) is 12.6 Å². The van der Waals surface area contributed by atoms with Crippen LogP contribution < -0.4 is 5.73 Å². The number of halogens is 1. The van der Waals surface area contributed by atoms with Crippen molar-refractivity contribution in [1.82, 2.24) is 4.90 Å². The van der Waals surface area contributed by atoms with Crippen molar-refractivity contribution in [2.45, 2.75) is 0 Å². The van der Waals surface area contributed by atoms with Crippen LogP contribution in [0.25, 0.3) is 0 Å². The maximum absolute atomic E-state index is 8.48. The monoisotopic (exact) mass is 335 g/mol. The van der Waals surface area contributed by atoms with Crippen molar-refractivity contribution in [1.29, 1.82) is 0 Å². The van der Waals surface area contributed by atoms with E-state index in [1.54, 1.807) is 4.90 Å². The summed E-state index contributed by atoms with van der Waals surface area (Å²) in [6, 6.07) is 0. The molecule has 8 heteroatoms. The molecule has 0 spiro atoms. The Morgan fingerprint density at radius 3 is 1.31 bits per heavy atom. The van der Waals surface area contributed by atoms with Crippen molar-refractivity contribution in [2.75, 3.05) is 51.8 Å². The van der Waals surface area contributed by atoms with Gasteiger partial charge in [0.2, 0.25) is 0 Å². The zero-order valence-corrected chi connectivity index (χ0v) is 13.1. The molecule has 0 saturated carbocycles. The van der Waals surface area contributed by atoms with Gasteiger partial charge in [0.05, 0.1) is 19.8 Å². The van der Waals surface area contributed by atoms with Gasteiger partial charge in [-0.25, -0.2) is 0 Å². The molecule has 0 aromatic rings. The van der Waals surface area contributed by atoms with Gasteiger partial charge in [-0.3, -0.25) is 4.90 Å². The Hall–Kier alpha value is 0.983. The van der Waals surface area contributed by atoms with Crippen molar-refractivity contribution in [3.05, 3.63) is 0 Å². The second-order valence-electron chi connectivity index (χ2n) is 2.51. The molecule has 0 aromatic carbocycles. The molecular weight excluding hydrogens is 312 g/mol. The molecule has 0 amide bonds. The van der Waals surface area contributed by atoms with Crippen LogP contribution in [0.15, 0.2) is 0 Å². The average molecular weight is 334 g/mol. The van der Waals surface area contributed by atoms with E-state index in [1.807, 2.05) is 0 Å². The van der Waals surface area contributed by atoms with E-state index in [4.69, 9.17) is 21.1 Å². The zero-order valence-electron chi connectivity index (χ0n) is 9.34. The molecule has 0 unspecified atom stereocenters. The number of nitrogens with two attached hydrogens (primary N) is 1. The van der Waals surface area contributed by atoms with Crippen molar-refractivity contribution in [3.63, 3.8) is 0 Å². The van der Waals surface area contributed by atoms with Crippen LogP contribution in [0.2, 0.25) is 0 Å². The van der Waals surface area contributed by atoms with Crippen molar-refractivity contribution >= 4 is 42.6 Å². The number of rotatable bonds is 7. The Kier molecular flexibility index (Phi) is 40.2. The van der Waals surface area contributed by atoms with E-state index in [0.29, 0.717) is 31.9 Å². The predicted octanol–water partition coefficient (Wildman–Crippen LogP) is -2.20. The molecule has 5 nitrogen and oxygen atoms in total. The van der Waals surface area contributed by atoms with Gasteiger partial charge in [0.1, 0.15) is 0 Å². The molecule has 0 fully saturated rings. The smallest absolute Gasteiger partial charge is 0.0558 e. The molecule has 0 aliphatic heterocycles. The predicted molar refractivity (Wildman–Crippen MR) is 72.0 cm³/mol. The van der Waals surface area contributed by atoms with Crippen molar-refractivity contribution < 1.29 is 15.3 Å². The van der Waals surface area contributed by atoms with E-state index < -0.39 is 0 Å². The van der Waals surface area contributed by atoms with E-state index >= 15 is 0 Å². The minimum atomic E-state index is 0. The van der Waals surface area contributed by atoms with Crippen LogP contribution in [0.4, 0.5) is 0 Å². The third-order valence-corrected chi connectivity index (χ3v) is 1.60. The van der Waals surface area contributed by atoms with Gasteiger partial charge in [-0.05, 0) is 6.54 Å². The van der Waals surface area contributed by atoms with Crippen LogP contribution in [-0.2, 0) is 12.6 Å². The molecule has 0 atom stereocenters.